The van der Waals surface area contributed by atoms with Crippen LogP contribution in [0.25, 0.3) is 10.2 Å². The molecule has 3 rings (SSSR count). The molecule has 2 aromatic heterocycles. The van der Waals surface area contributed by atoms with Crippen molar-refractivity contribution in [2.45, 2.75) is 26.7 Å². The number of anilines is 1. The molecule has 1 aliphatic rings. The molecule has 0 amide bonds. The third-order valence-electron chi connectivity index (χ3n) is 4.63. The molecule has 1 aliphatic heterocycles. The van der Waals surface area contributed by atoms with Crippen molar-refractivity contribution in [3.05, 3.63) is 17.8 Å². The van der Waals surface area contributed by atoms with E-state index < -0.39 is 5.97 Å². The molecule has 2 aromatic rings. The number of aromatic nitrogens is 2. The highest BCUT2D eigenvalue weighted by molar-refractivity contribution is 7.17. The number of hydrogen-bond donors (Lipinski definition) is 1. The molecule has 0 unspecified atom stereocenters. The molecule has 7 heteroatoms. The zero-order chi connectivity index (χ0) is 17.2. The molecule has 0 aliphatic carbocycles. The summed E-state index contributed by atoms with van der Waals surface area (Å²) in [4.78, 5) is 24.5. The van der Waals surface area contributed by atoms with Crippen LogP contribution < -0.4 is 4.90 Å². The minimum atomic E-state index is -0.714. The van der Waals surface area contributed by atoms with Gasteiger partial charge in [0.25, 0.3) is 0 Å². The van der Waals surface area contributed by atoms with Gasteiger partial charge in [-0.05, 0) is 29.8 Å². The SMILES string of the molecule is CC(C)(CCN1CCN(c2ncnc3ccsc23)CC1)CC(=O)O. The maximum Gasteiger partial charge on any atom is 0.303 e. The van der Waals surface area contributed by atoms with Crippen molar-refractivity contribution in [2.24, 2.45) is 5.41 Å². The number of piperazine rings is 1. The van der Waals surface area contributed by atoms with Crippen LogP contribution >= 0.6 is 11.3 Å². The molecule has 0 saturated carbocycles. The first-order valence-electron chi connectivity index (χ1n) is 8.32. The average Bonchev–Trinajstić information content (AvgIpc) is 3.01. The largest absolute Gasteiger partial charge is 0.481 e. The highest BCUT2D eigenvalue weighted by Crippen LogP contribution is 2.29. The summed E-state index contributed by atoms with van der Waals surface area (Å²) in [5.74, 6) is 0.328. The van der Waals surface area contributed by atoms with E-state index in [-0.39, 0.29) is 11.8 Å². The molecule has 0 radical (unpaired) electrons. The highest BCUT2D eigenvalue weighted by atomic mass is 32.1. The van der Waals surface area contributed by atoms with E-state index in [0.717, 1.165) is 55.2 Å². The van der Waals surface area contributed by atoms with Gasteiger partial charge < -0.3 is 10.0 Å². The van der Waals surface area contributed by atoms with Crippen molar-refractivity contribution in [1.29, 1.82) is 0 Å². The summed E-state index contributed by atoms with van der Waals surface area (Å²) >= 11 is 1.69. The van der Waals surface area contributed by atoms with E-state index in [1.807, 2.05) is 19.9 Å². The summed E-state index contributed by atoms with van der Waals surface area (Å²) in [7, 11) is 0. The van der Waals surface area contributed by atoms with E-state index in [1.165, 1.54) is 0 Å². The first kappa shape index (κ1) is 17.1. The number of nitrogens with zero attached hydrogens (tertiary/aromatic N) is 4. The summed E-state index contributed by atoms with van der Waals surface area (Å²) < 4.78 is 1.16. The molecule has 6 nitrogen and oxygen atoms in total. The first-order valence-corrected chi connectivity index (χ1v) is 9.20. The summed E-state index contributed by atoms with van der Waals surface area (Å²) in [5, 5.41) is 11.0. The lowest BCUT2D eigenvalue weighted by Crippen LogP contribution is -2.47. The third-order valence-corrected chi connectivity index (χ3v) is 5.53. The second-order valence-corrected chi connectivity index (χ2v) is 8.06. The van der Waals surface area contributed by atoms with E-state index >= 15 is 0 Å². The van der Waals surface area contributed by atoms with Gasteiger partial charge in [0.15, 0.2) is 0 Å². The number of carboxylic acid groups (broad SMARTS) is 1. The van der Waals surface area contributed by atoms with Gasteiger partial charge >= 0.3 is 5.97 Å². The van der Waals surface area contributed by atoms with Crippen molar-refractivity contribution in [2.75, 3.05) is 37.6 Å². The van der Waals surface area contributed by atoms with Crippen molar-refractivity contribution < 1.29 is 9.90 Å². The standard InChI is InChI=1S/C17H24N4O2S/c1-17(2,11-14(22)23)4-5-20-6-8-21(9-7-20)16-15-13(3-10-24-15)18-12-19-16/h3,10,12H,4-9,11H2,1-2H3,(H,22,23). The van der Waals surface area contributed by atoms with E-state index in [1.54, 1.807) is 17.7 Å². The Balaban J connectivity index is 1.54. The molecular formula is C17H24N4O2S. The van der Waals surface area contributed by atoms with Gasteiger partial charge in [-0.2, -0.15) is 0 Å². The van der Waals surface area contributed by atoms with Crippen molar-refractivity contribution >= 4 is 33.3 Å². The molecule has 0 aromatic carbocycles. The first-order chi connectivity index (χ1) is 11.4. The van der Waals surface area contributed by atoms with Gasteiger partial charge in [-0.3, -0.25) is 9.69 Å². The van der Waals surface area contributed by atoms with Crippen molar-refractivity contribution in [3.63, 3.8) is 0 Å². The minimum Gasteiger partial charge on any atom is -0.481 e. The Morgan fingerprint density at radius 1 is 1.29 bits per heavy atom. The van der Waals surface area contributed by atoms with Crippen molar-refractivity contribution in [1.82, 2.24) is 14.9 Å². The van der Waals surface area contributed by atoms with Crippen LogP contribution in [0.4, 0.5) is 5.82 Å². The molecule has 0 bridgehead atoms. The Bertz CT molecular complexity index is 707. The number of hydrogen-bond acceptors (Lipinski definition) is 6. The maximum absolute atomic E-state index is 10.9. The number of thiophene rings is 1. The fourth-order valence-corrected chi connectivity index (χ4v) is 4.00. The van der Waals surface area contributed by atoms with Crippen LogP contribution in [0.2, 0.25) is 0 Å². The smallest absolute Gasteiger partial charge is 0.303 e. The Morgan fingerprint density at radius 3 is 2.75 bits per heavy atom. The lowest BCUT2D eigenvalue weighted by atomic mass is 9.85. The quantitative estimate of drug-likeness (QED) is 0.865. The van der Waals surface area contributed by atoms with Crippen LogP contribution in [0, 0.1) is 5.41 Å². The molecule has 130 valence electrons. The Morgan fingerprint density at radius 2 is 2.04 bits per heavy atom. The maximum atomic E-state index is 10.9. The van der Waals surface area contributed by atoms with Crippen LogP contribution in [-0.2, 0) is 4.79 Å². The second kappa shape index (κ2) is 7.03. The fraction of sp³-hybridized carbons (Fsp3) is 0.588. The van der Waals surface area contributed by atoms with E-state index in [9.17, 15) is 4.79 Å². The highest BCUT2D eigenvalue weighted by Gasteiger charge is 2.25. The fourth-order valence-electron chi connectivity index (χ4n) is 3.14. The van der Waals surface area contributed by atoms with Crippen LogP contribution in [0.1, 0.15) is 26.7 Å². The second-order valence-electron chi connectivity index (χ2n) is 7.15. The molecule has 0 atom stereocenters. The van der Waals surface area contributed by atoms with Gasteiger partial charge in [-0.15, -0.1) is 11.3 Å². The summed E-state index contributed by atoms with van der Waals surface area (Å²) in [6.07, 6.45) is 2.78. The Hall–Kier alpha value is -1.73. The third kappa shape index (κ3) is 4.02. The number of rotatable bonds is 6. The van der Waals surface area contributed by atoms with Crippen LogP contribution in [0.3, 0.4) is 0 Å². The molecule has 3 heterocycles. The van der Waals surface area contributed by atoms with Gasteiger partial charge in [0.1, 0.15) is 12.1 Å². The zero-order valence-electron chi connectivity index (χ0n) is 14.2. The summed E-state index contributed by atoms with van der Waals surface area (Å²) in [6, 6.07) is 2.03. The molecular weight excluding hydrogens is 324 g/mol. The van der Waals surface area contributed by atoms with Gasteiger partial charge in [0.2, 0.25) is 0 Å². The Labute approximate surface area is 146 Å². The predicted molar refractivity (Wildman–Crippen MR) is 96.7 cm³/mol. The number of carboxylic acids is 1. The van der Waals surface area contributed by atoms with Gasteiger partial charge in [0, 0.05) is 26.2 Å². The van der Waals surface area contributed by atoms with Gasteiger partial charge in [-0.25, -0.2) is 9.97 Å². The lowest BCUT2D eigenvalue weighted by molar-refractivity contribution is -0.139. The van der Waals surface area contributed by atoms with E-state index in [2.05, 4.69) is 25.1 Å². The molecule has 1 fully saturated rings. The average molecular weight is 348 g/mol. The normalized spacial score (nSPS) is 16.7. The Kier molecular flexibility index (Phi) is 5.01. The van der Waals surface area contributed by atoms with Crippen molar-refractivity contribution in [3.8, 4) is 0 Å². The topological polar surface area (TPSA) is 69.6 Å². The van der Waals surface area contributed by atoms with Crippen LogP contribution in [0.15, 0.2) is 17.8 Å². The number of fused-ring (bicyclic) bond motifs is 1. The molecule has 1 saturated heterocycles. The molecule has 1 N–H and O–H groups in total. The van der Waals surface area contributed by atoms with Crippen LogP contribution in [-0.4, -0.2) is 58.7 Å². The summed E-state index contributed by atoms with van der Waals surface area (Å²) in [6.45, 7) is 8.89. The van der Waals surface area contributed by atoms with E-state index in [0.29, 0.717) is 0 Å². The number of aliphatic carboxylic acids is 1. The molecule has 24 heavy (non-hydrogen) atoms. The zero-order valence-corrected chi connectivity index (χ0v) is 15.1. The lowest BCUT2D eigenvalue weighted by Gasteiger charge is -2.36. The van der Waals surface area contributed by atoms with Crippen LogP contribution in [0.5, 0.6) is 0 Å². The van der Waals surface area contributed by atoms with Gasteiger partial charge in [0.05, 0.1) is 16.6 Å². The van der Waals surface area contributed by atoms with Gasteiger partial charge in [-0.1, -0.05) is 13.8 Å². The monoisotopic (exact) mass is 348 g/mol. The summed E-state index contributed by atoms with van der Waals surface area (Å²) in [5.41, 5.74) is 0.863. The predicted octanol–water partition coefficient (Wildman–Crippen LogP) is 2.70. The number of carbonyl (C=O) groups is 1. The van der Waals surface area contributed by atoms with E-state index in [4.69, 9.17) is 5.11 Å². The minimum absolute atomic E-state index is 0.154. The molecule has 0 spiro atoms.